The monoisotopic (exact) mass is 559 g/mol. The van der Waals surface area contributed by atoms with Crippen molar-refractivity contribution in [1.82, 2.24) is 10.2 Å². The molecule has 5 rings (SSSR count). The Bertz CT molecular complexity index is 1490. The van der Waals surface area contributed by atoms with E-state index >= 15 is 0 Å². The van der Waals surface area contributed by atoms with Gasteiger partial charge in [-0.3, -0.25) is 14.5 Å². The number of ether oxygens (including phenoxy) is 2. The molecule has 1 atom stereocenters. The zero-order valence-electron chi connectivity index (χ0n) is 21.1. The van der Waals surface area contributed by atoms with Crippen molar-refractivity contribution in [3.63, 3.8) is 0 Å². The van der Waals surface area contributed by atoms with Gasteiger partial charge in [0.05, 0.1) is 30.4 Å². The van der Waals surface area contributed by atoms with Crippen molar-refractivity contribution in [3.8, 4) is 11.8 Å². The van der Waals surface area contributed by atoms with Crippen LogP contribution in [0.15, 0.2) is 81.6 Å². The lowest BCUT2D eigenvalue weighted by atomic mass is 9.76. The van der Waals surface area contributed by atoms with Crippen molar-refractivity contribution >= 4 is 40.0 Å². The predicted molar refractivity (Wildman–Crippen MR) is 148 cm³/mol. The molecule has 0 fully saturated rings. The highest BCUT2D eigenvalue weighted by Gasteiger charge is 2.41. The number of esters is 1. The lowest BCUT2D eigenvalue weighted by Crippen LogP contribution is -2.38. The van der Waals surface area contributed by atoms with Crippen LogP contribution in [0.3, 0.4) is 0 Å². The second-order valence-corrected chi connectivity index (χ2v) is 11.1. The number of methoxy groups -OCH3 is 1. The summed E-state index contributed by atoms with van der Waals surface area (Å²) < 4.78 is 11.2. The largest absolute Gasteiger partial charge is 0.489 e. The number of aromatic nitrogens is 2. The van der Waals surface area contributed by atoms with E-state index in [-0.39, 0.29) is 28.9 Å². The zero-order chi connectivity index (χ0) is 27.4. The maximum atomic E-state index is 13.3. The third kappa shape index (κ3) is 5.53. The summed E-state index contributed by atoms with van der Waals surface area (Å²) in [6, 6.07) is 19.6. The molecule has 2 heterocycles. The molecular formula is C28H25N5O4S2. The summed E-state index contributed by atoms with van der Waals surface area (Å²) >= 11 is 2.44. The van der Waals surface area contributed by atoms with Crippen LogP contribution in [0.5, 0.6) is 5.75 Å². The molecule has 2 N–H and O–H groups in total. The number of benzene rings is 2. The first-order valence-electron chi connectivity index (χ1n) is 12.3. The van der Waals surface area contributed by atoms with Gasteiger partial charge in [0.25, 0.3) is 0 Å². The number of thioether (sulfide) groups is 1. The number of allylic oxidation sites excluding steroid dienone is 3. The van der Waals surface area contributed by atoms with E-state index in [0.717, 1.165) is 16.8 Å². The minimum atomic E-state index is -0.585. The topological polar surface area (TPSA) is 131 Å². The summed E-state index contributed by atoms with van der Waals surface area (Å²) in [4.78, 5) is 26.5. The molecule has 39 heavy (non-hydrogen) atoms. The molecule has 0 amide bonds. The van der Waals surface area contributed by atoms with E-state index in [9.17, 15) is 14.9 Å². The fourth-order valence-corrected chi connectivity index (χ4v) is 6.38. The number of hydrogen-bond acceptors (Lipinski definition) is 11. The van der Waals surface area contributed by atoms with Crippen LogP contribution in [0.1, 0.15) is 36.3 Å². The number of anilines is 1. The van der Waals surface area contributed by atoms with Crippen LogP contribution < -0.4 is 15.4 Å². The number of nitrogens with zero attached hydrogens (tertiary/aromatic N) is 4. The standard InChI is InChI=1S/C28H25N5O4S2/c1-36-23(35)16-38-28-32-31-27(39-28)33-21-8-5-9-22(34)25(21)24(20(14-29)26(33)30)18-10-12-19(13-11-18)37-15-17-6-3-2-4-7-17/h2-4,6-7,10-13,24H,5,8-9,15-16,30H2,1H3. The molecule has 0 radical (unpaired) electrons. The van der Waals surface area contributed by atoms with Crippen LogP contribution in [0, 0.1) is 11.3 Å². The first-order chi connectivity index (χ1) is 19.0. The Balaban J connectivity index is 1.46. The van der Waals surface area contributed by atoms with Gasteiger partial charge in [0.2, 0.25) is 5.13 Å². The van der Waals surface area contributed by atoms with Crippen LogP contribution in [0.25, 0.3) is 0 Å². The number of nitriles is 1. The second kappa shape index (κ2) is 11.7. The smallest absolute Gasteiger partial charge is 0.316 e. The van der Waals surface area contributed by atoms with Gasteiger partial charge >= 0.3 is 5.97 Å². The van der Waals surface area contributed by atoms with Gasteiger partial charge in [-0.2, -0.15) is 5.26 Å². The first kappa shape index (κ1) is 26.5. The van der Waals surface area contributed by atoms with Crippen LogP contribution in [-0.4, -0.2) is 34.8 Å². The molecule has 0 saturated carbocycles. The molecule has 2 aromatic carbocycles. The quantitative estimate of drug-likeness (QED) is 0.306. The van der Waals surface area contributed by atoms with Crippen LogP contribution in [0.2, 0.25) is 0 Å². The second-order valence-electron chi connectivity index (χ2n) is 8.87. The van der Waals surface area contributed by atoms with E-state index < -0.39 is 5.92 Å². The summed E-state index contributed by atoms with van der Waals surface area (Å²) in [5.74, 6) is 0.0353. The van der Waals surface area contributed by atoms with Crippen molar-refractivity contribution < 1.29 is 19.1 Å². The van der Waals surface area contributed by atoms with Crippen molar-refractivity contribution in [2.45, 2.75) is 36.1 Å². The SMILES string of the molecule is COC(=O)CSc1nnc(N2C(N)=C(C#N)C(c3ccc(OCc4ccccc4)cc3)C3=C2CCCC3=O)s1. The Morgan fingerprint density at radius 2 is 1.95 bits per heavy atom. The number of hydrogen-bond donors (Lipinski definition) is 1. The Hall–Kier alpha value is -4.14. The highest BCUT2D eigenvalue weighted by atomic mass is 32.2. The van der Waals surface area contributed by atoms with Gasteiger partial charge < -0.3 is 15.2 Å². The summed E-state index contributed by atoms with van der Waals surface area (Å²) in [7, 11) is 1.33. The Morgan fingerprint density at radius 1 is 1.18 bits per heavy atom. The number of nitrogens with two attached hydrogens (primary N) is 1. The molecule has 11 heteroatoms. The van der Waals surface area contributed by atoms with Crippen LogP contribution in [0.4, 0.5) is 5.13 Å². The van der Waals surface area contributed by atoms with Crippen molar-refractivity contribution in [3.05, 3.63) is 88.4 Å². The van der Waals surface area contributed by atoms with Gasteiger partial charge in [-0.1, -0.05) is 65.6 Å². The van der Waals surface area contributed by atoms with Crippen molar-refractivity contribution in [2.75, 3.05) is 17.8 Å². The number of Topliss-reactive ketones (excluding diaryl/α,β-unsaturated/α-hetero) is 1. The molecular weight excluding hydrogens is 534 g/mol. The Morgan fingerprint density at radius 3 is 2.67 bits per heavy atom. The van der Waals surface area contributed by atoms with Gasteiger partial charge in [-0.25, -0.2) is 0 Å². The van der Waals surface area contributed by atoms with E-state index in [1.165, 1.54) is 30.2 Å². The predicted octanol–water partition coefficient (Wildman–Crippen LogP) is 4.69. The molecule has 3 aromatic rings. The minimum Gasteiger partial charge on any atom is -0.489 e. The molecule has 1 aromatic heterocycles. The molecule has 1 aliphatic heterocycles. The van der Waals surface area contributed by atoms with Gasteiger partial charge in [0.15, 0.2) is 10.1 Å². The first-order valence-corrected chi connectivity index (χ1v) is 14.1. The highest BCUT2D eigenvalue weighted by molar-refractivity contribution is 8.01. The van der Waals surface area contributed by atoms with E-state index in [2.05, 4.69) is 21.0 Å². The van der Waals surface area contributed by atoms with Crippen LogP contribution >= 0.6 is 23.1 Å². The third-order valence-corrected chi connectivity index (χ3v) is 8.52. The summed E-state index contributed by atoms with van der Waals surface area (Å²) in [6.45, 7) is 0.435. The molecule has 0 saturated heterocycles. The molecule has 1 unspecified atom stereocenters. The Labute approximate surface area is 233 Å². The average Bonchev–Trinajstić information content (AvgIpc) is 3.43. The lowest BCUT2D eigenvalue weighted by Gasteiger charge is -2.38. The van der Waals surface area contributed by atoms with E-state index in [1.54, 1.807) is 4.90 Å². The van der Waals surface area contributed by atoms with Crippen LogP contribution in [-0.2, 0) is 20.9 Å². The van der Waals surface area contributed by atoms with Gasteiger partial charge in [0, 0.05) is 17.7 Å². The Kier molecular flexibility index (Phi) is 7.95. The number of ketones is 1. The lowest BCUT2D eigenvalue weighted by molar-refractivity contribution is -0.137. The normalized spacial score (nSPS) is 17.1. The number of carbonyl (C=O) groups excluding carboxylic acids is 2. The third-order valence-electron chi connectivity index (χ3n) is 6.50. The summed E-state index contributed by atoms with van der Waals surface area (Å²) in [5, 5.41) is 19.1. The number of carbonyl (C=O) groups is 2. The van der Waals surface area contributed by atoms with Crippen molar-refractivity contribution in [2.24, 2.45) is 5.73 Å². The molecule has 9 nitrogen and oxygen atoms in total. The van der Waals surface area contributed by atoms with E-state index in [0.29, 0.717) is 46.7 Å². The summed E-state index contributed by atoms with van der Waals surface area (Å²) in [5.41, 5.74) is 10.0. The highest BCUT2D eigenvalue weighted by Crippen LogP contribution is 2.47. The van der Waals surface area contributed by atoms with Gasteiger partial charge in [-0.15, -0.1) is 10.2 Å². The fraction of sp³-hybridized carbons (Fsp3) is 0.250. The van der Waals surface area contributed by atoms with E-state index in [4.69, 9.17) is 10.5 Å². The number of rotatable bonds is 8. The van der Waals surface area contributed by atoms with Crippen molar-refractivity contribution in [1.29, 1.82) is 5.26 Å². The fourth-order valence-electron chi connectivity index (χ4n) is 4.67. The molecule has 0 spiro atoms. The minimum absolute atomic E-state index is 0.0132. The molecule has 0 bridgehead atoms. The summed E-state index contributed by atoms with van der Waals surface area (Å²) in [6.07, 6.45) is 1.68. The zero-order valence-corrected chi connectivity index (χ0v) is 22.8. The van der Waals surface area contributed by atoms with Gasteiger partial charge in [-0.05, 0) is 36.1 Å². The molecule has 2 aliphatic rings. The molecule has 198 valence electrons. The van der Waals surface area contributed by atoms with Gasteiger partial charge in [0.1, 0.15) is 18.2 Å². The molecule has 1 aliphatic carbocycles. The average molecular weight is 560 g/mol. The maximum absolute atomic E-state index is 13.3. The maximum Gasteiger partial charge on any atom is 0.316 e. The van der Waals surface area contributed by atoms with E-state index in [1.807, 2.05) is 54.6 Å².